The van der Waals surface area contributed by atoms with Gasteiger partial charge in [0.05, 0.1) is 5.69 Å². The molecule has 0 unspecified atom stereocenters. The number of benzene rings is 1. The standard InChI is InChI=1S/C15H18FN5O3S3/c1-4-9-25-15-19-18-14(26-15)17-13(22)10-21(27(23,24)20(2)3)12-8-6-5-7-11(12)16/h4-8H,1,9-10H2,2-3H3,(H,17,18,22). The Bertz CT molecular complexity index is 917. The largest absolute Gasteiger partial charge is 0.304 e. The number of carbonyl (C=O) groups excluding carboxylic acids is 1. The van der Waals surface area contributed by atoms with Gasteiger partial charge in [-0.05, 0) is 12.1 Å². The number of hydrogen-bond acceptors (Lipinski definition) is 7. The van der Waals surface area contributed by atoms with Gasteiger partial charge in [0.15, 0.2) is 4.34 Å². The van der Waals surface area contributed by atoms with E-state index >= 15 is 0 Å². The van der Waals surface area contributed by atoms with Crippen LogP contribution in [0.5, 0.6) is 0 Å². The highest BCUT2D eigenvalue weighted by molar-refractivity contribution is 8.01. The average Bonchev–Trinajstić information content (AvgIpc) is 3.05. The summed E-state index contributed by atoms with van der Waals surface area (Å²) in [6.45, 7) is 2.99. The lowest BCUT2D eigenvalue weighted by Gasteiger charge is -2.26. The molecule has 0 saturated heterocycles. The van der Waals surface area contributed by atoms with Crippen LogP contribution in [0.4, 0.5) is 15.2 Å². The van der Waals surface area contributed by atoms with E-state index in [0.29, 0.717) is 14.4 Å². The Morgan fingerprint density at radius 3 is 2.70 bits per heavy atom. The number of anilines is 2. The van der Waals surface area contributed by atoms with Gasteiger partial charge in [-0.25, -0.2) is 8.70 Å². The molecule has 0 saturated carbocycles. The molecule has 0 aliphatic rings. The van der Waals surface area contributed by atoms with Crippen LogP contribution in [0.1, 0.15) is 0 Å². The average molecular weight is 432 g/mol. The molecular weight excluding hydrogens is 413 g/mol. The Morgan fingerprint density at radius 1 is 1.37 bits per heavy atom. The monoisotopic (exact) mass is 431 g/mol. The van der Waals surface area contributed by atoms with Crippen LogP contribution >= 0.6 is 23.1 Å². The fourth-order valence-corrected chi connectivity index (χ4v) is 4.48. The summed E-state index contributed by atoms with van der Waals surface area (Å²) in [5.74, 6) is -0.778. The number of amides is 1. The summed E-state index contributed by atoms with van der Waals surface area (Å²) in [5.41, 5.74) is -0.221. The molecule has 1 N–H and O–H groups in total. The van der Waals surface area contributed by atoms with Gasteiger partial charge < -0.3 is 0 Å². The van der Waals surface area contributed by atoms with Crippen molar-refractivity contribution in [2.45, 2.75) is 4.34 Å². The smallest absolute Gasteiger partial charge is 0.299 e. The molecule has 0 radical (unpaired) electrons. The summed E-state index contributed by atoms with van der Waals surface area (Å²) in [5, 5.41) is 10.5. The van der Waals surface area contributed by atoms with E-state index in [1.807, 2.05) is 0 Å². The summed E-state index contributed by atoms with van der Waals surface area (Å²) >= 11 is 2.55. The van der Waals surface area contributed by atoms with E-state index in [4.69, 9.17) is 0 Å². The van der Waals surface area contributed by atoms with E-state index in [1.54, 1.807) is 6.08 Å². The molecule has 0 atom stereocenters. The minimum atomic E-state index is -4.09. The Kier molecular flexibility index (Phi) is 7.30. The molecule has 1 amide bonds. The van der Waals surface area contributed by atoms with Gasteiger partial charge in [0.2, 0.25) is 11.0 Å². The van der Waals surface area contributed by atoms with Gasteiger partial charge in [0, 0.05) is 19.8 Å². The number of para-hydroxylation sites is 1. The highest BCUT2D eigenvalue weighted by atomic mass is 32.2. The fraction of sp³-hybridized carbons (Fsp3) is 0.267. The highest BCUT2D eigenvalue weighted by Crippen LogP contribution is 2.26. The molecule has 1 aromatic heterocycles. The number of rotatable bonds is 9. The van der Waals surface area contributed by atoms with Gasteiger partial charge in [-0.2, -0.15) is 12.7 Å². The molecule has 1 heterocycles. The Morgan fingerprint density at radius 2 is 2.07 bits per heavy atom. The number of nitrogens with zero attached hydrogens (tertiary/aromatic N) is 4. The van der Waals surface area contributed by atoms with Gasteiger partial charge in [0.1, 0.15) is 12.4 Å². The molecule has 0 fully saturated rings. The number of carbonyl (C=O) groups is 1. The predicted octanol–water partition coefficient (Wildman–Crippen LogP) is 2.21. The summed E-state index contributed by atoms with van der Waals surface area (Å²) in [6, 6.07) is 5.34. The lowest BCUT2D eigenvalue weighted by atomic mass is 10.3. The Balaban J connectivity index is 2.20. The molecule has 12 heteroatoms. The number of hydrogen-bond donors (Lipinski definition) is 1. The van der Waals surface area contributed by atoms with Crippen molar-refractivity contribution in [3.05, 3.63) is 42.7 Å². The van der Waals surface area contributed by atoms with Gasteiger partial charge >= 0.3 is 10.2 Å². The molecule has 1 aromatic carbocycles. The zero-order valence-electron chi connectivity index (χ0n) is 14.6. The fourth-order valence-electron chi connectivity index (χ4n) is 1.88. The van der Waals surface area contributed by atoms with Crippen molar-refractivity contribution in [2.24, 2.45) is 0 Å². The second kappa shape index (κ2) is 9.26. The molecular formula is C15H18FN5O3S3. The van der Waals surface area contributed by atoms with Crippen LogP contribution in [-0.2, 0) is 15.0 Å². The van der Waals surface area contributed by atoms with Crippen LogP contribution < -0.4 is 9.62 Å². The maximum absolute atomic E-state index is 14.1. The van der Waals surface area contributed by atoms with Crippen molar-refractivity contribution in [1.82, 2.24) is 14.5 Å². The third-order valence-electron chi connectivity index (χ3n) is 3.13. The summed E-state index contributed by atoms with van der Waals surface area (Å²) in [7, 11) is -1.49. The van der Waals surface area contributed by atoms with E-state index in [2.05, 4.69) is 22.1 Å². The zero-order chi connectivity index (χ0) is 20.0. The van der Waals surface area contributed by atoms with Crippen LogP contribution in [0.15, 0.2) is 41.3 Å². The number of aromatic nitrogens is 2. The molecule has 0 aliphatic heterocycles. The predicted molar refractivity (Wildman–Crippen MR) is 106 cm³/mol. The van der Waals surface area contributed by atoms with Crippen molar-refractivity contribution >= 4 is 50.0 Å². The minimum Gasteiger partial charge on any atom is -0.299 e. The molecule has 8 nitrogen and oxygen atoms in total. The normalized spacial score (nSPS) is 11.4. The topological polar surface area (TPSA) is 95.5 Å². The molecule has 0 aliphatic carbocycles. The third kappa shape index (κ3) is 5.48. The molecule has 0 bridgehead atoms. The van der Waals surface area contributed by atoms with E-state index in [9.17, 15) is 17.6 Å². The van der Waals surface area contributed by atoms with E-state index in [-0.39, 0.29) is 10.8 Å². The maximum atomic E-state index is 14.1. The van der Waals surface area contributed by atoms with Crippen LogP contribution in [0.3, 0.4) is 0 Å². The second-order valence-electron chi connectivity index (χ2n) is 5.27. The first kappa shape index (κ1) is 21.3. The summed E-state index contributed by atoms with van der Waals surface area (Å²) < 4.78 is 41.5. The zero-order valence-corrected chi connectivity index (χ0v) is 17.1. The highest BCUT2D eigenvalue weighted by Gasteiger charge is 2.29. The first-order valence-corrected chi connectivity index (χ1v) is 10.8. The lowest BCUT2D eigenvalue weighted by molar-refractivity contribution is -0.114. The number of thioether (sulfide) groups is 1. The first-order chi connectivity index (χ1) is 12.8. The second-order valence-corrected chi connectivity index (χ2v) is 9.58. The van der Waals surface area contributed by atoms with E-state index in [1.165, 1.54) is 44.1 Å². The van der Waals surface area contributed by atoms with Gasteiger partial charge in [-0.3, -0.25) is 10.1 Å². The third-order valence-corrected chi connectivity index (χ3v) is 6.90. The first-order valence-electron chi connectivity index (χ1n) is 7.57. The summed E-state index contributed by atoms with van der Waals surface area (Å²) in [6.07, 6.45) is 1.71. The summed E-state index contributed by atoms with van der Waals surface area (Å²) in [4.78, 5) is 12.4. The SMILES string of the molecule is C=CCSc1nnc(NC(=O)CN(c2ccccc2F)S(=O)(=O)N(C)C)s1. The molecule has 2 rings (SSSR count). The van der Waals surface area contributed by atoms with Crippen LogP contribution in [-0.4, -0.2) is 55.2 Å². The molecule has 2 aromatic rings. The Labute approximate surface area is 165 Å². The van der Waals surface area contributed by atoms with Crippen LogP contribution in [0.2, 0.25) is 0 Å². The molecule has 27 heavy (non-hydrogen) atoms. The van der Waals surface area contributed by atoms with Crippen LogP contribution in [0.25, 0.3) is 0 Å². The molecule has 0 spiro atoms. The van der Waals surface area contributed by atoms with Crippen molar-refractivity contribution < 1.29 is 17.6 Å². The van der Waals surface area contributed by atoms with Gasteiger partial charge in [-0.1, -0.05) is 41.3 Å². The van der Waals surface area contributed by atoms with Crippen molar-refractivity contribution in [3.8, 4) is 0 Å². The Hall–Kier alpha value is -2.02. The van der Waals surface area contributed by atoms with Gasteiger partial charge in [0.25, 0.3) is 0 Å². The van der Waals surface area contributed by atoms with Crippen LogP contribution in [0, 0.1) is 5.82 Å². The van der Waals surface area contributed by atoms with Gasteiger partial charge in [-0.15, -0.1) is 16.8 Å². The van der Waals surface area contributed by atoms with Crippen molar-refractivity contribution in [3.63, 3.8) is 0 Å². The maximum Gasteiger partial charge on any atom is 0.304 e. The number of nitrogens with one attached hydrogen (secondary N) is 1. The quantitative estimate of drug-likeness (QED) is 0.372. The van der Waals surface area contributed by atoms with Crippen molar-refractivity contribution in [2.75, 3.05) is 36.0 Å². The minimum absolute atomic E-state index is 0.221. The van der Waals surface area contributed by atoms with Crippen molar-refractivity contribution in [1.29, 1.82) is 0 Å². The van der Waals surface area contributed by atoms with E-state index in [0.717, 1.165) is 21.7 Å². The number of halogens is 1. The lowest BCUT2D eigenvalue weighted by Crippen LogP contribution is -2.44. The molecule has 146 valence electrons. The van der Waals surface area contributed by atoms with E-state index < -0.39 is 28.5 Å².